The van der Waals surface area contributed by atoms with E-state index < -0.39 is 0 Å². The van der Waals surface area contributed by atoms with Gasteiger partial charge in [-0.15, -0.1) is 0 Å². The zero-order valence-corrected chi connectivity index (χ0v) is 13.0. The number of methoxy groups -OCH3 is 1. The van der Waals surface area contributed by atoms with E-state index in [9.17, 15) is 9.18 Å². The van der Waals surface area contributed by atoms with Crippen LogP contribution in [0.5, 0.6) is 5.75 Å². The fourth-order valence-electron chi connectivity index (χ4n) is 3.17. The number of carbonyl (C=O) groups excluding carboxylic acids is 1. The van der Waals surface area contributed by atoms with Crippen molar-refractivity contribution in [2.24, 2.45) is 5.73 Å². The molecule has 2 aromatic carbocycles. The zero-order chi connectivity index (χ0) is 16.4. The van der Waals surface area contributed by atoms with Crippen LogP contribution in [0.1, 0.15) is 23.5 Å². The monoisotopic (exact) mass is 314 g/mol. The number of amides is 1. The first-order valence-corrected chi connectivity index (χ1v) is 7.55. The van der Waals surface area contributed by atoms with E-state index in [1.165, 1.54) is 12.1 Å². The largest absolute Gasteiger partial charge is 0.496 e. The summed E-state index contributed by atoms with van der Waals surface area (Å²) in [4.78, 5) is 13.8. The Hall–Kier alpha value is -2.56. The Kier molecular flexibility index (Phi) is 4.19. The van der Waals surface area contributed by atoms with E-state index in [1.54, 1.807) is 13.2 Å². The van der Waals surface area contributed by atoms with Crippen LogP contribution in [0.2, 0.25) is 0 Å². The average molecular weight is 314 g/mol. The van der Waals surface area contributed by atoms with E-state index in [1.807, 2.05) is 24.3 Å². The lowest BCUT2D eigenvalue weighted by atomic mass is 9.89. The molecule has 2 aromatic rings. The maximum atomic E-state index is 13.6. The molecule has 0 saturated carbocycles. The molecule has 1 aliphatic rings. The highest BCUT2D eigenvalue weighted by Crippen LogP contribution is 2.36. The number of nitrogens with two attached hydrogens (primary N) is 1. The van der Waals surface area contributed by atoms with Crippen molar-refractivity contribution < 1.29 is 13.9 Å². The fraction of sp³-hybridized carbons (Fsp3) is 0.278. The van der Waals surface area contributed by atoms with Crippen molar-refractivity contribution in [3.05, 3.63) is 59.4 Å². The lowest BCUT2D eigenvalue weighted by Gasteiger charge is -2.35. The Morgan fingerprint density at radius 3 is 2.87 bits per heavy atom. The van der Waals surface area contributed by atoms with Gasteiger partial charge in [-0.2, -0.15) is 0 Å². The van der Waals surface area contributed by atoms with Crippen molar-refractivity contribution in [1.29, 1.82) is 0 Å². The van der Waals surface area contributed by atoms with E-state index in [0.717, 1.165) is 16.8 Å². The third-order valence-corrected chi connectivity index (χ3v) is 4.29. The molecule has 0 radical (unpaired) electrons. The second kappa shape index (κ2) is 6.28. The molecule has 1 unspecified atom stereocenters. The van der Waals surface area contributed by atoms with Crippen LogP contribution in [-0.2, 0) is 11.3 Å². The lowest BCUT2D eigenvalue weighted by Crippen LogP contribution is -2.35. The molecule has 5 heteroatoms. The molecule has 0 bridgehead atoms. The van der Waals surface area contributed by atoms with Crippen LogP contribution in [0.3, 0.4) is 0 Å². The third kappa shape index (κ3) is 2.99. The predicted octanol–water partition coefficient (Wildman–Crippen LogP) is 2.81. The minimum Gasteiger partial charge on any atom is -0.496 e. The van der Waals surface area contributed by atoms with Gasteiger partial charge in [-0.1, -0.05) is 18.2 Å². The van der Waals surface area contributed by atoms with Gasteiger partial charge in [0.1, 0.15) is 11.6 Å². The zero-order valence-electron chi connectivity index (χ0n) is 13.0. The van der Waals surface area contributed by atoms with E-state index in [0.29, 0.717) is 25.3 Å². The lowest BCUT2D eigenvalue weighted by molar-refractivity contribution is -0.119. The molecule has 0 aliphatic carbocycles. The second-order valence-electron chi connectivity index (χ2n) is 5.68. The van der Waals surface area contributed by atoms with Gasteiger partial charge in [0, 0.05) is 24.3 Å². The van der Waals surface area contributed by atoms with Gasteiger partial charge in [-0.25, -0.2) is 4.39 Å². The minimum absolute atomic E-state index is 0.267. The van der Waals surface area contributed by atoms with E-state index in [4.69, 9.17) is 10.5 Å². The maximum absolute atomic E-state index is 13.6. The quantitative estimate of drug-likeness (QED) is 0.944. The highest BCUT2D eigenvalue weighted by atomic mass is 19.1. The van der Waals surface area contributed by atoms with Crippen molar-refractivity contribution in [2.45, 2.75) is 18.9 Å². The summed E-state index contributed by atoms with van der Waals surface area (Å²) in [7, 11) is 1.57. The number of benzene rings is 2. The van der Waals surface area contributed by atoms with Crippen LogP contribution in [0, 0.1) is 5.82 Å². The van der Waals surface area contributed by atoms with Gasteiger partial charge < -0.3 is 15.4 Å². The summed E-state index contributed by atoms with van der Waals surface area (Å²) in [5.41, 5.74) is 8.19. The van der Waals surface area contributed by atoms with E-state index in [-0.39, 0.29) is 17.6 Å². The van der Waals surface area contributed by atoms with Crippen molar-refractivity contribution >= 4 is 11.6 Å². The van der Waals surface area contributed by atoms with Crippen LogP contribution < -0.4 is 15.4 Å². The van der Waals surface area contributed by atoms with Crippen molar-refractivity contribution in [2.75, 3.05) is 18.6 Å². The highest BCUT2D eigenvalue weighted by Gasteiger charge is 2.28. The van der Waals surface area contributed by atoms with Crippen LogP contribution in [-0.4, -0.2) is 19.6 Å². The molecule has 2 N–H and O–H groups in total. The molecule has 0 fully saturated rings. The summed E-state index contributed by atoms with van der Waals surface area (Å²) in [6.45, 7) is 1.20. The molecule has 3 rings (SSSR count). The molecule has 1 aliphatic heterocycles. The number of halogens is 1. The number of para-hydroxylation sites is 1. The van der Waals surface area contributed by atoms with Crippen molar-refractivity contribution in [1.82, 2.24) is 0 Å². The van der Waals surface area contributed by atoms with E-state index >= 15 is 0 Å². The standard InChI is InChI=1S/C18H19FN2O2/c1-23-17-7-6-13(19)10-12(17)11-21-9-8-15(18(20)22)14-4-2-3-5-16(14)21/h2-7,10,15H,8-9,11H2,1H3,(H2,20,22). The van der Waals surface area contributed by atoms with E-state index in [2.05, 4.69) is 4.90 Å². The van der Waals surface area contributed by atoms with Crippen LogP contribution in [0.4, 0.5) is 10.1 Å². The average Bonchev–Trinajstić information content (AvgIpc) is 2.55. The Bertz CT molecular complexity index is 733. The van der Waals surface area contributed by atoms with Crippen LogP contribution >= 0.6 is 0 Å². The van der Waals surface area contributed by atoms with Crippen molar-refractivity contribution in [3.8, 4) is 5.75 Å². The van der Waals surface area contributed by atoms with Gasteiger partial charge in [0.2, 0.25) is 5.91 Å². The Morgan fingerprint density at radius 2 is 2.13 bits per heavy atom. The number of ether oxygens (including phenoxy) is 1. The summed E-state index contributed by atoms with van der Waals surface area (Å²) in [5.74, 6) is -0.209. The number of anilines is 1. The molecule has 0 saturated heterocycles. The normalized spacial score (nSPS) is 16.8. The summed E-state index contributed by atoms with van der Waals surface area (Å²) < 4.78 is 18.9. The summed E-state index contributed by atoms with van der Waals surface area (Å²) in [5, 5.41) is 0. The number of primary amides is 1. The molecule has 0 aromatic heterocycles. The van der Waals surface area contributed by atoms with Gasteiger partial charge in [0.15, 0.2) is 0 Å². The smallest absolute Gasteiger partial charge is 0.225 e. The molecule has 4 nitrogen and oxygen atoms in total. The first-order chi connectivity index (χ1) is 11.1. The number of hydrogen-bond acceptors (Lipinski definition) is 3. The number of hydrogen-bond donors (Lipinski definition) is 1. The number of nitrogens with zero attached hydrogens (tertiary/aromatic N) is 1. The molecule has 1 heterocycles. The predicted molar refractivity (Wildman–Crippen MR) is 87.0 cm³/mol. The van der Waals surface area contributed by atoms with Gasteiger partial charge >= 0.3 is 0 Å². The molecule has 23 heavy (non-hydrogen) atoms. The summed E-state index contributed by atoms with van der Waals surface area (Å²) in [6, 6.07) is 12.2. The Balaban J connectivity index is 1.94. The highest BCUT2D eigenvalue weighted by molar-refractivity contribution is 5.85. The maximum Gasteiger partial charge on any atom is 0.225 e. The number of rotatable bonds is 4. The minimum atomic E-state index is -0.305. The van der Waals surface area contributed by atoms with Gasteiger partial charge in [0.25, 0.3) is 0 Å². The van der Waals surface area contributed by atoms with Crippen LogP contribution in [0.25, 0.3) is 0 Å². The summed E-state index contributed by atoms with van der Waals surface area (Å²) >= 11 is 0. The van der Waals surface area contributed by atoms with Gasteiger partial charge in [0.05, 0.1) is 13.0 Å². The summed E-state index contributed by atoms with van der Waals surface area (Å²) in [6.07, 6.45) is 0.657. The second-order valence-corrected chi connectivity index (χ2v) is 5.68. The van der Waals surface area contributed by atoms with Crippen molar-refractivity contribution in [3.63, 3.8) is 0 Å². The number of fused-ring (bicyclic) bond motifs is 1. The topological polar surface area (TPSA) is 55.6 Å². The number of carbonyl (C=O) groups is 1. The SMILES string of the molecule is COc1ccc(F)cc1CN1CCC(C(N)=O)c2ccccc21. The molecule has 0 spiro atoms. The molecular weight excluding hydrogens is 295 g/mol. The van der Waals surface area contributed by atoms with Gasteiger partial charge in [-0.3, -0.25) is 4.79 Å². The first kappa shape index (κ1) is 15.3. The third-order valence-electron chi connectivity index (χ3n) is 4.29. The van der Waals surface area contributed by atoms with Crippen LogP contribution in [0.15, 0.2) is 42.5 Å². The molecule has 1 amide bonds. The molecule has 120 valence electrons. The molecular formula is C18H19FN2O2. The fourth-order valence-corrected chi connectivity index (χ4v) is 3.17. The Labute approximate surface area is 134 Å². The first-order valence-electron chi connectivity index (χ1n) is 7.55. The molecule has 1 atom stereocenters. The van der Waals surface area contributed by atoms with Gasteiger partial charge in [-0.05, 0) is 36.2 Å². The Morgan fingerprint density at radius 1 is 1.35 bits per heavy atom.